The molecule has 4 nitrogen and oxygen atoms in total. The summed E-state index contributed by atoms with van der Waals surface area (Å²) in [5.41, 5.74) is 0. The Morgan fingerprint density at radius 2 is 1.27 bits per heavy atom. The summed E-state index contributed by atoms with van der Waals surface area (Å²) in [6.07, 6.45) is 0. The quantitative estimate of drug-likeness (QED) is 0.669. The summed E-state index contributed by atoms with van der Waals surface area (Å²) in [6, 6.07) is 0. The van der Waals surface area contributed by atoms with E-state index < -0.39 is 10.4 Å². The van der Waals surface area contributed by atoms with E-state index in [1.54, 1.807) is 13.8 Å². The van der Waals surface area contributed by atoms with Crippen LogP contribution in [0, 0.1) is 0 Å². The molecule has 0 unspecified atom stereocenters. The average molecular weight is 370 g/mol. The number of hydrogen-bond acceptors (Lipinski definition) is 4. The molecule has 2 radical (unpaired) electrons. The minimum absolute atomic E-state index is 0. The molecule has 11 heavy (non-hydrogen) atoms. The van der Waals surface area contributed by atoms with Crippen molar-refractivity contribution in [2.45, 2.75) is 13.8 Å². The Labute approximate surface area is 98.4 Å². The van der Waals surface area contributed by atoms with Crippen LogP contribution in [0.1, 0.15) is 13.8 Å². The molecule has 0 fully saturated rings. The summed E-state index contributed by atoms with van der Waals surface area (Å²) < 4.78 is 29.2. The Bertz CT molecular complexity index is 143. The minimum atomic E-state index is -3.68. The zero-order chi connectivity index (χ0) is 7.33. The summed E-state index contributed by atoms with van der Waals surface area (Å²) >= 11 is 0. The van der Waals surface area contributed by atoms with Crippen molar-refractivity contribution < 1.29 is 61.5 Å². The van der Waals surface area contributed by atoms with E-state index in [4.69, 9.17) is 0 Å². The van der Waals surface area contributed by atoms with Gasteiger partial charge in [0.1, 0.15) is 0 Å². The van der Waals surface area contributed by atoms with E-state index in [9.17, 15) is 8.42 Å². The molecule has 0 rings (SSSR count). The van der Waals surface area contributed by atoms with Crippen LogP contribution in [-0.4, -0.2) is 21.6 Å². The third-order valence-electron chi connectivity index (χ3n) is 0.524. The van der Waals surface area contributed by atoms with Gasteiger partial charge in [0, 0.05) is 44.8 Å². The first-order chi connectivity index (χ1) is 4.12. The first-order valence-corrected chi connectivity index (χ1v) is 3.99. The molecule has 0 N–H and O–H groups in total. The molecule has 0 aliphatic rings. The van der Waals surface area contributed by atoms with Crippen molar-refractivity contribution >= 4 is 10.4 Å². The van der Waals surface area contributed by atoms with Crippen LogP contribution >= 0.6 is 0 Å². The van der Waals surface area contributed by atoms with Gasteiger partial charge < -0.3 is 0 Å². The molecule has 0 saturated carbocycles. The van der Waals surface area contributed by atoms with Crippen LogP contribution in [0.25, 0.3) is 0 Å². The zero-order valence-electron chi connectivity index (χ0n) is 6.06. The van der Waals surface area contributed by atoms with Crippen molar-refractivity contribution in [3.8, 4) is 0 Å². The van der Waals surface area contributed by atoms with Gasteiger partial charge in [-0.1, -0.05) is 0 Å². The van der Waals surface area contributed by atoms with Gasteiger partial charge in [-0.15, -0.1) is 0 Å². The van der Waals surface area contributed by atoms with Gasteiger partial charge in [0.15, 0.2) is 0 Å². The minimum Gasteiger partial charge on any atom is -0.248 e. The smallest absolute Gasteiger partial charge is 0.248 e. The predicted octanol–water partition coefficient (Wildman–Crippen LogP) is 0.299. The molecular weight excluding hydrogens is 360 g/mol. The second-order valence-electron chi connectivity index (χ2n) is 1.22. The van der Waals surface area contributed by atoms with E-state index in [1.807, 2.05) is 0 Å². The molecule has 0 aliphatic heterocycles. The Morgan fingerprint density at radius 1 is 1.00 bits per heavy atom. The van der Waals surface area contributed by atoms with Crippen molar-refractivity contribution in [3.05, 3.63) is 0 Å². The topological polar surface area (TPSA) is 52.6 Å². The summed E-state index contributed by atoms with van der Waals surface area (Å²) in [7, 11) is -3.68. The molecule has 0 bridgehead atoms. The molecular formula is C4H10Ag2O4S. The third kappa shape index (κ3) is 11.4. The fourth-order valence-electron chi connectivity index (χ4n) is 0.323. The Morgan fingerprint density at radius 3 is 1.45 bits per heavy atom. The standard InChI is InChI=1S/C4H10O4S.2Ag/c1-3-7-9(5,6)8-4-2;;/h3-4H2,1-2H3;;. The molecule has 0 heterocycles. The Kier molecular flexibility index (Phi) is 15.6. The SMILES string of the molecule is CCOS(=O)(=O)OCC.[Ag].[Ag]. The van der Waals surface area contributed by atoms with Crippen LogP contribution in [0.4, 0.5) is 0 Å². The summed E-state index contributed by atoms with van der Waals surface area (Å²) in [5, 5.41) is 0. The molecule has 0 spiro atoms. The van der Waals surface area contributed by atoms with Crippen molar-refractivity contribution in [1.29, 1.82) is 0 Å². The molecule has 0 atom stereocenters. The van der Waals surface area contributed by atoms with Crippen LogP contribution < -0.4 is 0 Å². The van der Waals surface area contributed by atoms with Crippen molar-refractivity contribution in [1.82, 2.24) is 0 Å². The molecule has 0 aromatic heterocycles. The monoisotopic (exact) mass is 368 g/mol. The van der Waals surface area contributed by atoms with Gasteiger partial charge in [0.05, 0.1) is 13.2 Å². The zero-order valence-corrected chi connectivity index (χ0v) is 9.84. The largest absolute Gasteiger partial charge is 0.399 e. The second-order valence-corrected chi connectivity index (χ2v) is 2.51. The van der Waals surface area contributed by atoms with E-state index in [-0.39, 0.29) is 58.0 Å². The maximum Gasteiger partial charge on any atom is 0.399 e. The van der Waals surface area contributed by atoms with E-state index in [0.29, 0.717) is 0 Å². The number of hydrogen-bond donors (Lipinski definition) is 0. The Hall–Kier alpha value is 1.35. The normalized spacial score (nSPS) is 9.64. The van der Waals surface area contributed by atoms with E-state index in [0.717, 1.165) is 0 Å². The molecule has 0 amide bonds. The van der Waals surface area contributed by atoms with Crippen LogP contribution in [0.3, 0.4) is 0 Å². The predicted molar refractivity (Wildman–Crippen MR) is 32.2 cm³/mol. The maximum absolute atomic E-state index is 10.4. The summed E-state index contributed by atoms with van der Waals surface area (Å²) in [5.74, 6) is 0. The van der Waals surface area contributed by atoms with E-state index in [2.05, 4.69) is 8.37 Å². The van der Waals surface area contributed by atoms with Gasteiger partial charge in [-0.05, 0) is 13.8 Å². The van der Waals surface area contributed by atoms with Crippen molar-refractivity contribution in [2.75, 3.05) is 13.2 Å². The molecule has 0 saturated heterocycles. The van der Waals surface area contributed by atoms with Crippen LogP contribution in [0.5, 0.6) is 0 Å². The third-order valence-corrected chi connectivity index (χ3v) is 1.57. The summed E-state index contributed by atoms with van der Waals surface area (Å²) in [6.45, 7) is 3.39. The number of rotatable bonds is 4. The summed E-state index contributed by atoms with van der Waals surface area (Å²) in [4.78, 5) is 0. The molecule has 0 aromatic carbocycles. The maximum atomic E-state index is 10.4. The van der Waals surface area contributed by atoms with Crippen molar-refractivity contribution in [2.24, 2.45) is 0 Å². The fourth-order valence-corrected chi connectivity index (χ4v) is 0.968. The second kappa shape index (κ2) is 9.44. The first-order valence-electron chi connectivity index (χ1n) is 2.66. The Balaban J connectivity index is -0.000000320. The molecule has 0 aromatic rings. The van der Waals surface area contributed by atoms with Gasteiger partial charge in [-0.25, -0.2) is 8.37 Å². The first kappa shape index (κ1) is 18.2. The molecule has 78 valence electrons. The van der Waals surface area contributed by atoms with Gasteiger partial charge in [0.25, 0.3) is 0 Å². The average Bonchev–Trinajstić information content (AvgIpc) is 1.64. The van der Waals surface area contributed by atoms with Gasteiger partial charge in [0.2, 0.25) is 0 Å². The van der Waals surface area contributed by atoms with Crippen molar-refractivity contribution in [3.63, 3.8) is 0 Å². The van der Waals surface area contributed by atoms with Crippen LogP contribution in [-0.2, 0) is 63.5 Å². The van der Waals surface area contributed by atoms with Gasteiger partial charge in [-0.3, -0.25) is 0 Å². The van der Waals surface area contributed by atoms with E-state index in [1.165, 1.54) is 0 Å². The molecule has 7 heteroatoms. The fraction of sp³-hybridized carbons (Fsp3) is 1.00. The molecule has 0 aliphatic carbocycles. The van der Waals surface area contributed by atoms with E-state index >= 15 is 0 Å². The van der Waals surface area contributed by atoms with Crippen LogP contribution in [0.15, 0.2) is 0 Å². The van der Waals surface area contributed by atoms with Crippen LogP contribution in [0.2, 0.25) is 0 Å². The van der Waals surface area contributed by atoms with Gasteiger partial charge in [-0.2, -0.15) is 8.42 Å². The van der Waals surface area contributed by atoms with Gasteiger partial charge >= 0.3 is 10.4 Å².